The molecule has 0 aliphatic carbocycles. The lowest BCUT2D eigenvalue weighted by Crippen LogP contribution is -2.30. The van der Waals surface area contributed by atoms with Crippen LogP contribution in [0.2, 0.25) is 0 Å². The summed E-state index contributed by atoms with van der Waals surface area (Å²) in [5.41, 5.74) is 0. The predicted octanol–water partition coefficient (Wildman–Crippen LogP) is 14.8. The van der Waals surface area contributed by atoms with Crippen LogP contribution in [0.3, 0.4) is 0 Å². The lowest BCUT2D eigenvalue weighted by atomic mass is 10.0. The van der Waals surface area contributed by atoms with Crippen molar-refractivity contribution in [3.63, 3.8) is 0 Å². The zero-order valence-corrected chi connectivity index (χ0v) is 36.0. The Kier molecular flexibility index (Phi) is 41.9. The first kappa shape index (κ1) is 51.9. The van der Waals surface area contributed by atoms with Gasteiger partial charge in [0.1, 0.15) is 13.2 Å². The number of unbranched alkanes of at least 4 members (excludes halogenated alkanes) is 27. The molecule has 316 valence electrons. The van der Waals surface area contributed by atoms with E-state index in [1.807, 2.05) is 0 Å². The fraction of sp³-hybridized carbons (Fsp3) is 0.854. The van der Waals surface area contributed by atoms with Crippen LogP contribution in [0.4, 0.5) is 0 Å². The summed E-state index contributed by atoms with van der Waals surface area (Å²) in [5.74, 6) is -0.881. The molecule has 0 radical (unpaired) electrons. The zero-order chi connectivity index (χ0) is 39.4. The van der Waals surface area contributed by atoms with Gasteiger partial charge in [0.15, 0.2) is 6.10 Å². The second-order valence-electron chi connectivity index (χ2n) is 15.7. The Morgan fingerprint density at radius 3 is 1.07 bits per heavy atom. The summed E-state index contributed by atoms with van der Waals surface area (Å²) in [7, 11) is 0. The third kappa shape index (κ3) is 41.1. The minimum atomic E-state index is -0.768. The molecule has 0 spiro atoms. The standard InChI is InChI=1S/C48H88O6/c1-4-7-10-13-16-19-22-24-25-27-29-32-35-38-41-47(50)53-44-45(43-52-46(49)40-37-34-31-28-21-18-15-12-9-6-3)54-48(51)42-39-36-33-30-26-23-20-17-14-11-8-5-2/h13,16,22,24,45H,4-12,14-15,17-21,23,25-44H2,1-3H3/b16-13-,24-22-/t45-/m1/s1. The van der Waals surface area contributed by atoms with Crippen molar-refractivity contribution in [2.45, 2.75) is 252 Å². The van der Waals surface area contributed by atoms with Crippen LogP contribution in [0.15, 0.2) is 24.3 Å². The molecule has 0 aromatic carbocycles. The number of rotatable bonds is 42. The molecular weight excluding hydrogens is 673 g/mol. The van der Waals surface area contributed by atoms with Gasteiger partial charge in [-0.3, -0.25) is 14.4 Å². The Morgan fingerprint density at radius 1 is 0.370 bits per heavy atom. The molecule has 0 aliphatic rings. The third-order valence-corrected chi connectivity index (χ3v) is 10.2. The molecule has 0 heterocycles. The molecule has 0 amide bonds. The highest BCUT2D eigenvalue weighted by Gasteiger charge is 2.19. The molecule has 0 saturated carbocycles. The highest BCUT2D eigenvalue weighted by molar-refractivity contribution is 5.71. The molecule has 0 unspecified atom stereocenters. The van der Waals surface area contributed by atoms with Crippen LogP contribution in [0.25, 0.3) is 0 Å². The van der Waals surface area contributed by atoms with Crippen molar-refractivity contribution in [2.24, 2.45) is 0 Å². The molecule has 0 saturated heterocycles. The molecule has 0 aliphatic heterocycles. The quantitative estimate of drug-likeness (QED) is 0.0267. The van der Waals surface area contributed by atoms with E-state index in [2.05, 4.69) is 45.1 Å². The molecular formula is C48H88O6. The second kappa shape index (κ2) is 43.6. The number of ether oxygens (including phenoxy) is 3. The highest BCUT2D eigenvalue weighted by atomic mass is 16.6. The molecule has 6 nitrogen and oxygen atoms in total. The average Bonchev–Trinajstić information content (AvgIpc) is 3.17. The van der Waals surface area contributed by atoms with Gasteiger partial charge < -0.3 is 14.2 Å². The lowest BCUT2D eigenvalue weighted by molar-refractivity contribution is -0.167. The molecule has 54 heavy (non-hydrogen) atoms. The maximum atomic E-state index is 12.7. The van der Waals surface area contributed by atoms with Crippen molar-refractivity contribution in [3.05, 3.63) is 24.3 Å². The van der Waals surface area contributed by atoms with Gasteiger partial charge in [-0.05, 0) is 44.9 Å². The first-order valence-electron chi connectivity index (χ1n) is 23.3. The molecule has 6 heteroatoms. The summed E-state index contributed by atoms with van der Waals surface area (Å²) in [5, 5.41) is 0. The summed E-state index contributed by atoms with van der Waals surface area (Å²) in [6.07, 6.45) is 47.2. The van der Waals surface area contributed by atoms with Crippen LogP contribution >= 0.6 is 0 Å². The number of allylic oxidation sites excluding steroid dienone is 4. The van der Waals surface area contributed by atoms with Crippen molar-refractivity contribution < 1.29 is 28.6 Å². The number of hydrogen-bond donors (Lipinski definition) is 0. The van der Waals surface area contributed by atoms with Crippen LogP contribution < -0.4 is 0 Å². The van der Waals surface area contributed by atoms with Gasteiger partial charge in [0.05, 0.1) is 0 Å². The van der Waals surface area contributed by atoms with Crippen molar-refractivity contribution in [3.8, 4) is 0 Å². The maximum absolute atomic E-state index is 12.7. The Balaban J connectivity index is 4.36. The molecule has 0 aromatic rings. The summed E-state index contributed by atoms with van der Waals surface area (Å²) >= 11 is 0. The largest absolute Gasteiger partial charge is 0.462 e. The summed E-state index contributed by atoms with van der Waals surface area (Å²) in [6.45, 7) is 6.57. The van der Waals surface area contributed by atoms with Crippen LogP contribution in [0.5, 0.6) is 0 Å². The number of carbonyl (C=O) groups excluding carboxylic acids is 3. The highest BCUT2D eigenvalue weighted by Crippen LogP contribution is 2.15. The van der Waals surface area contributed by atoms with Crippen molar-refractivity contribution >= 4 is 17.9 Å². The van der Waals surface area contributed by atoms with E-state index in [1.165, 1.54) is 128 Å². The van der Waals surface area contributed by atoms with Crippen molar-refractivity contribution in [1.82, 2.24) is 0 Å². The normalized spacial score (nSPS) is 12.1. The topological polar surface area (TPSA) is 78.9 Å². The second-order valence-corrected chi connectivity index (χ2v) is 15.7. The van der Waals surface area contributed by atoms with E-state index < -0.39 is 6.10 Å². The molecule has 0 fully saturated rings. The Bertz CT molecular complexity index is 880. The monoisotopic (exact) mass is 761 g/mol. The number of esters is 3. The minimum Gasteiger partial charge on any atom is -0.462 e. The van der Waals surface area contributed by atoms with E-state index in [1.54, 1.807) is 0 Å². The van der Waals surface area contributed by atoms with Gasteiger partial charge in [-0.2, -0.15) is 0 Å². The summed E-state index contributed by atoms with van der Waals surface area (Å²) in [6, 6.07) is 0. The molecule has 0 N–H and O–H groups in total. The first-order valence-corrected chi connectivity index (χ1v) is 23.3. The van der Waals surface area contributed by atoms with E-state index in [0.29, 0.717) is 19.3 Å². The van der Waals surface area contributed by atoms with Crippen molar-refractivity contribution in [2.75, 3.05) is 13.2 Å². The summed E-state index contributed by atoms with van der Waals surface area (Å²) in [4.78, 5) is 37.7. The van der Waals surface area contributed by atoms with E-state index in [0.717, 1.165) is 77.0 Å². The molecule has 0 aromatic heterocycles. The van der Waals surface area contributed by atoms with E-state index >= 15 is 0 Å². The fourth-order valence-electron chi connectivity index (χ4n) is 6.63. The van der Waals surface area contributed by atoms with E-state index in [4.69, 9.17) is 14.2 Å². The lowest BCUT2D eigenvalue weighted by Gasteiger charge is -2.18. The van der Waals surface area contributed by atoms with Crippen LogP contribution in [0, 0.1) is 0 Å². The minimum absolute atomic E-state index is 0.0718. The van der Waals surface area contributed by atoms with Gasteiger partial charge in [-0.1, -0.05) is 206 Å². The maximum Gasteiger partial charge on any atom is 0.306 e. The fourth-order valence-corrected chi connectivity index (χ4v) is 6.63. The van der Waals surface area contributed by atoms with E-state index in [9.17, 15) is 14.4 Å². The Morgan fingerprint density at radius 2 is 0.685 bits per heavy atom. The average molecular weight is 761 g/mol. The van der Waals surface area contributed by atoms with Gasteiger partial charge in [-0.15, -0.1) is 0 Å². The van der Waals surface area contributed by atoms with Gasteiger partial charge >= 0.3 is 17.9 Å². The SMILES string of the molecule is CCCC/C=C\C/C=C\CCCCCCCC(=O)OC[C@@H](COC(=O)CCCCCCCCCCCC)OC(=O)CCCCCCCCCCCCCC. The van der Waals surface area contributed by atoms with Crippen LogP contribution in [-0.4, -0.2) is 37.2 Å². The Hall–Kier alpha value is -2.11. The predicted molar refractivity (Wildman–Crippen MR) is 229 cm³/mol. The number of carbonyl (C=O) groups is 3. The third-order valence-electron chi connectivity index (χ3n) is 10.2. The molecule has 0 rings (SSSR count). The molecule has 0 bridgehead atoms. The van der Waals surface area contributed by atoms with Crippen LogP contribution in [-0.2, 0) is 28.6 Å². The Labute approximate surface area is 334 Å². The van der Waals surface area contributed by atoms with Gasteiger partial charge in [0, 0.05) is 19.3 Å². The summed E-state index contributed by atoms with van der Waals surface area (Å²) < 4.78 is 16.7. The smallest absolute Gasteiger partial charge is 0.306 e. The van der Waals surface area contributed by atoms with Gasteiger partial charge in [0.25, 0.3) is 0 Å². The van der Waals surface area contributed by atoms with Gasteiger partial charge in [-0.25, -0.2) is 0 Å². The number of hydrogen-bond acceptors (Lipinski definition) is 6. The van der Waals surface area contributed by atoms with Crippen LogP contribution in [0.1, 0.15) is 245 Å². The van der Waals surface area contributed by atoms with Crippen molar-refractivity contribution in [1.29, 1.82) is 0 Å². The first-order chi connectivity index (χ1) is 26.5. The van der Waals surface area contributed by atoms with Gasteiger partial charge in [0.2, 0.25) is 0 Å². The molecule has 1 atom stereocenters. The van der Waals surface area contributed by atoms with E-state index in [-0.39, 0.29) is 31.1 Å². The zero-order valence-electron chi connectivity index (χ0n) is 36.0.